The van der Waals surface area contributed by atoms with Crippen LogP contribution >= 0.6 is 0 Å². The van der Waals surface area contributed by atoms with Gasteiger partial charge in [-0.3, -0.25) is 0 Å². The van der Waals surface area contributed by atoms with Crippen LogP contribution < -0.4 is 0 Å². The van der Waals surface area contributed by atoms with E-state index in [4.69, 9.17) is 0 Å². The van der Waals surface area contributed by atoms with Crippen molar-refractivity contribution in [2.24, 2.45) is 5.92 Å². The second kappa shape index (κ2) is 6.04. The van der Waals surface area contributed by atoms with Gasteiger partial charge in [0, 0.05) is 0 Å². The fourth-order valence-corrected chi connectivity index (χ4v) is 3.04. The predicted octanol–water partition coefficient (Wildman–Crippen LogP) is 5.56. The van der Waals surface area contributed by atoms with Gasteiger partial charge < -0.3 is 0 Å². The third kappa shape index (κ3) is 2.98. The summed E-state index contributed by atoms with van der Waals surface area (Å²) in [6.07, 6.45) is 7.39. The van der Waals surface area contributed by atoms with E-state index < -0.39 is 0 Å². The third-order valence-corrected chi connectivity index (χ3v) is 4.09. The van der Waals surface area contributed by atoms with Crippen LogP contribution in [0.1, 0.15) is 36.8 Å². The lowest BCUT2D eigenvalue weighted by Crippen LogP contribution is -1.98. The highest BCUT2D eigenvalue weighted by molar-refractivity contribution is 5.82. The Morgan fingerprint density at radius 3 is 2.20 bits per heavy atom. The van der Waals surface area contributed by atoms with Crippen molar-refractivity contribution in [2.75, 3.05) is 0 Å². The Morgan fingerprint density at radius 2 is 1.55 bits per heavy atom. The molecule has 0 bridgehead atoms. The molecule has 1 fully saturated rings. The number of hydrogen-bond donors (Lipinski definition) is 0. The SMILES string of the molecule is Fc1ccc(/C=C(\c2ccccc2)C2CCCC2)cc1. The van der Waals surface area contributed by atoms with Crippen LogP contribution in [0.2, 0.25) is 0 Å². The fraction of sp³-hybridized carbons (Fsp3) is 0.263. The van der Waals surface area contributed by atoms with Crippen LogP contribution in [0, 0.1) is 11.7 Å². The molecule has 1 saturated carbocycles. The molecule has 0 unspecified atom stereocenters. The van der Waals surface area contributed by atoms with Gasteiger partial charge >= 0.3 is 0 Å². The van der Waals surface area contributed by atoms with E-state index >= 15 is 0 Å². The maximum absolute atomic E-state index is 13.0. The molecule has 0 heterocycles. The number of halogens is 1. The van der Waals surface area contributed by atoms with E-state index in [1.165, 1.54) is 49.0 Å². The second-order valence-electron chi connectivity index (χ2n) is 5.50. The number of benzene rings is 2. The van der Waals surface area contributed by atoms with E-state index in [0.29, 0.717) is 5.92 Å². The molecule has 20 heavy (non-hydrogen) atoms. The van der Waals surface area contributed by atoms with Crippen molar-refractivity contribution in [1.82, 2.24) is 0 Å². The van der Waals surface area contributed by atoms with Crippen LogP contribution in [0.25, 0.3) is 11.6 Å². The van der Waals surface area contributed by atoms with Crippen molar-refractivity contribution >= 4 is 11.6 Å². The Hall–Kier alpha value is -1.89. The Balaban J connectivity index is 1.98. The summed E-state index contributed by atoms with van der Waals surface area (Å²) >= 11 is 0. The second-order valence-corrected chi connectivity index (χ2v) is 5.50. The molecule has 0 aliphatic heterocycles. The molecular formula is C19H19F. The molecule has 0 spiro atoms. The Bertz CT molecular complexity index is 575. The molecule has 0 nitrogen and oxygen atoms in total. The number of hydrogen-bond acceptors (Lipinski definition) is 0. The van der Waals surface area contributed by atoms with E-state index in [2.05, 4.69) is 30.3 Å². The van der Waals surface area contributed by atoms with Crippen LogP contribution in [-0.2, 0) is 0 Å². The summed E-state index contributed by atoms with van der Waals surface area (Å²) < 4.78 is 13.0. The Kier molecular flexibility index (Phi) is 3.96. The first kappa shape index (κ1) is 13.1. The highest BCUT2D eigenvalue weighted by Gasteiger charge is 2.20. The van der Waals surface area contributed by atoms with Crippen LogP contribution in [0.3, 0.4) is 0 Å². The first-order valence-electron chi connectivity index (χ1n) is 7.35. The lowest BCUT2D eigenvalue weighted by molar-refractivity contribution is 0.627. The first-order chi connectivity index (χ1) is 9.83. The third-order valence-electron chi connectivity index (χ3n) is 4.09. The van der Waals surface area contributed by atoms with E-state index in [0.717, 1.165) is 5.56 Å². The zero-order valence-electron chi connectivity index (χ0n) is 11.6. The number of allylic oxidation sites excluding steroid dienone is 1. The van der Waals surface area contributed by atoms with Crippen molar-refractivity contribution in [1.29, 1.82) is 0 Å². The fourth-order valence-electron chi connectivity index (χ4n) is 3.04. The average molecular weight is 266 g/mol. The zero-order chi connectivity index (χ0) is 13.8. The van der Waals surface area contributed by atoms with Gasteiger partial charge in [-0.15, -0.1) is 0 Å². The Morgan fingerprint density at radius 1 is 0.900 bits per heavy atom. The topological polar surface area (TPSA) is 0 Å². The predicted molar refractivity (Wildman–Crippen MR) is 82.7 cm³/mol. The summed E-state index contributed by atoms with van der Waals surface area (Å²) in [6.45, 7) is 0. The minimum atomic E-state index is -0.177. The number of rotatable bonds is 3. The molecule has 2 aromatic rings. The van der Waals surface area contributed by atoms with Crippen molar-refractivity contribution < 1.29 is 4.39 Å². The van der Waals surface area contributed by atoms with Crippen molar-refractivity contribution in [3.8, 4) is 0 Å². The largest absolute Gasteiger partial charge is 0.207 e. The van der Waals surface area contributed by atoms with Gasteiger partial charge in [0.2, 0.25) is 0 Å². The van der Waals surface area contributed by atoms with E-state index in [1.807, 2.05) is 18.2 Å². The minimum absolute atomic E-state index is 0.177. The van der Waals surface area contributed by atoms with E-state index in [1.54, 1.807) is 0 Å². The van der Waals surface area contributed by atoms with Gasteiger partial charge in [0.1, 0.15) is 5.82 Å². The molecule has 0 aromatic heterocycles. The van der Waals surface area contributed by atoms with E-state index in [-0.39, 0.29) is 5.82 Å². The summed E-state index contributed by atoms with van der Waals surface area (Å²) in [5, 5.41) is 0. The van der Waals surface area contributed by atoms with Crippen LogP contribution in [0.5, 0.6) is 0 Å². The summed E-state index contributed by atoms with van der Waals surface area (Å²) in [5.74, 6) is 0.465. The maximum Gasteiger partial charge on any atom is 0.123 e. The first-order valence-corrected chi connectivity index (χ1v) is 7.35. The molecule has 1 heteroatoms. The smallest absolute Gasteiger partial charge is 0.123 e. The monoisotopic (exact) mass is 266 g/mol. The lowest BCUT2D eigenvalue weighted by Gasteiger charge is -2.15. The molecule has 1 aliphatic rings. The highest BCUT2D eigenvalue weighted by atomic mass is 19.1. The molecule has 0 amide bonds. The molecule has 3 rings (SSSR count). The average Bonchev–Trinajstić information content (AvgIpc) is 3.01. The molecule has 102 valence electrons. The molecule has 1 aliphatic carbocycles. The normalized spacial score (nSPS) is 16.6. The highest BCUT2D eigenvalue weighted by Crippen LogP contribution is 2.37. The van der Waals surface area contributed by atoms with Crippen LogP contribution in [-0.4, -0.2) is 0 Å². The van der Waals surface area contributed by atoms with Gasteiger partial charge in [0.05, 0.1) is 0 Å². The molecular weight excluding hydrogens is 247 g/mol. The van der Waals surface area contributed by atoms with Crippen LogP contribution in [0.15, 0.2) is 54.6 Å². The molecule has 2 aromatic carbocycles. The summed E-state index contributed by atoms with van der Waals surface area (Å²) in [4.78, 5) is 0. The van der Waals surface area contributed by atoms with Crippen molar-refractivity contribution in [2.45, 2.75) is 25.7 Å². The maximum atomic E-state index is 13.0. The van der Waals surface area contributed by atoms with Gasteiger partial charge in [-0.1, -0.05) is 61.4 Å². The quantitative estimate of drug-likeness (QED) is 0.638. The van der Waals surface area contributed by atoms with Crippen molar-refractivity contribution in [3.63, 3.8) is 0 Å². The van der Waals surface area contributed by atoms with Crippen molar-refractivity contribution in [3.05, 3.63) is 71.5 Å². The molecule has 0 atom stereocenters. The molecule has 0 N–H and O–H groups in total. The minimum Gasteiger partial charge on any atom is -0.207 e. The van der Waals surface area contributed by atoms with Gasteiger partial charge in [0.25, 0.3) is 0 Å². The van der Waals surface area contributed by atoms with Gasteiger partial charge in [-0.25, -0.2) is 4.39 Å². The Labute approximate surface area is 120 Å². The summed E-state index contributed by atoms with van der Waals surface area (Å²) in [7, 11) is 0. The lowest BCUT2D eigenvalue weighted by atomic mass is 9.89. The summed E-state index contributed by atoms with van der Waals surface area (Å²) in [5.41, 5.74) is 3.77. The zero-order valence-corrected chi connectivity index (χ0v) is 11.6. The van der Waals surface area contributed by atoms with Gasteiger partial charge in [-0.05, 0) is 47.6 Å². The van der Waals surface area contributed by atoms with Crippen LogP contribution in [0.4, 0.5) is 4.39 Å². The molecule has 0 radical (unpaired) electrons. The summed E-state index contributed by atoms with van der Waals surface area (Å²) in [6, 6.07) is 17.3. The molecule has 0 saturated heterocycles. The van der Waals surface area contributed by atoms with E-state index in [9.17, 15) is 4.39 Å². The van der Waals surface area contributed by atoms with Gasteiger partial charge in [-0.2, -0.15) is 0 Å². The van der Waals surface area contributed by atoms with Gasteiger partial charge in [0.15, 0.2) is 0 Å². The standard InChI is InChI=1S/C19H19F/c20-18-12-10-15(11-13-18)14-19(17-8-4-5-9-17)16-6-2-1-3-7-16/h1-3,6-7,10-14,17H,4-5,8-9H2/b19-14+.